The highest BCUT2D eigenvalue weighted by Crippen LogP contribution is 2.29. The van der Waals surface area contributed by atoms with E-state index in [1.165, 1.54) is 16.7 Å². The molecule has 3 N–H and O–H groups in total. The highest BCUT2D eigenvalue weighted by molar-refractivity contribution is 7.86. The molecule has 7 nitrogen and oxygen atoms in total. The molecule has 0 saturated carbocycles. The van der Waals surface area contributed by atoms with Crippen molar-refractivity contribution in [3.8, 4) is 5.69 Å². The number of carbonyl (C=O) groups is 1. The van der Waals surface area contributed by atoms with Crippen molar-refractivity contribution in [3.05, 3.63) is 80.8 Å². The van der Waals surface area contributed by atoms with Crippen molar-refractivity contribution in [3.63, 3.8) is 0 Å². The van der Waals surface area contributed by atoms with Crippen LogP contribution in [0, 0.1) is 5.82 Å². The summed E-state index contributed by atoms with van der Waals surface area (Å²) in [5.74, 6) is -0.691. The minimum Gasteiger partial charge on any atom is -0.384 e. The molecule has 1 aliphatic heterocycles. The van der Waals surface area contributed by atoms with E-state index in [9.17, 15) is 18.2 Å². The molecule has 0 aliphatic carbocycles. The molecule has 2 aromatic carbocycles. The maximum absolute atomic E-state index is 14.9. The van der Waals surface area contributed by atoms with Gasteiger partial charge in [0.2, 0.25) is 0 Å². The normalized spacial score (nSPS) is 13.4. The average molecular weight is 503 g/mol. The number of hydrogen-bond acceptors (Lipinski definition) is 5. The van der Waals surface area contributed by atoms with Gasteiger partial charge in [-0.05, 0) is 65.9 Å². The Labute approximate surface area is 198 Å². The number of aromatic nitrogens is 1. The van der Waals surface area contributed by atoms with Gasteiger partial charge in [-0.2, -0.15) is 0 Å². The second kappa shape index (κ2) is 8.62. The van der Waals surface area contributed by atoms with Crippen LogP contribution in [0.2, 0.25) is 4.34 Å². The summed E-state index contributed by atoms with van der Waals surface area (Å²) >= 11 is 6.89. The van der Waals surface area contributed by atoms with E-state index < -0.39 is 22.8 Å². The van der Waals surface area contributed by atoms with Gasteiger partial charge in [0.05, 0.1) is 10.0 Å². The fourth-order valence-electron chi connectivity index (χ4n) is 3.80. The standard InChI is InChI=1S/C22H16ClFN4O3S2/c23-19-5-6-20(32-19)33(31)27-22(30)26-12-1-4-18(16(24)11-12)28-10-8-13-14-7-9-25-17(14)3-2-15(13)21(28)29/h1-6,8,10-11,25H,7,9H2,(H2,26,27,30). The van der Waals surface area contributed by atoms with Crippen LogP contribution >= 0.6 is 22.9 Å². The Morgan fingerprint density at radius 1 is 1.15 bits per heavy atom. The second-order valence-corrected chi connectivity index (χ2v) is 10.4. The van der Waals surface area contributed by atoms with E-state index >= 15 is 0 Å². The molecule has 11 heteroatoms. The largest absolute Gasteiger partial charge is 0.384 e. The third kappa shape index (κ3) is 4.12. The Balaban J connectivity index is 1.38. The number of urea groups is 1. The van der Waals surface area contributed by atoms with Gasteiger partial charge in [-0.1, -0.05) is 11.6 Å². The van der Waals surface area contributed by atoms with Crippen LogP contribution in [-0.4, -0.2) is 21.4 Å². The van der Waals surface area contributed by atoms with Crippen molar-refractivity contribution in [2.75, 3.05) is 17.2 Å². The Morgan fingerprint density at radius 2 is 2.00 bits per heavy atom. The Hall–Kier alpha value is -3.21. The van der Waals surface area contributed by atoms with Gasteiger partial charge in [0, 0.05) is 29.5 Å². The van der Waals surface area contributed by atoms with Gasteiger partial charge in [0.25, 0.3) is 5.56 Å². The van der Waals surface area contributed by atoms with Gasteiger partial charge in [-0.3, -0.25) is 14.1 Å². The van der Waals surface area contributed by atoms with Gasteiger partial charge < -0.3 is 10.6 Å². The lowest BCUT2D eigenvalue weighted by atomic mass is 10.0. The molecule has 0 radical (unpaired) electrons. The number of nitrogens with zero attached hydrogens (tertiary/aromatic N) is 1. The second-order valence-electron chi connectivity index (χ2n) is 7.27. The van der Waals surface area contributed by atoms with E-state index in [1.807, 2.05) is 12.1 Å². The van der Waals surface area contributed by atoms with Crippen LogP contribution in [-0.2, 0) is 17.4 Å². The van der Waals surface area contributed by atoms with E-state index in [4.69, 9.17) is 11.6 Å². The average Bonchev–Trinajstić information content (AvgIpc) is 3.43. The van der Waals surface area contributed by atoms with Gasteiger partial charge in [-0.15, -0.1) is 11.3 Å². The smallest absolute Gasteiger partial charge is 0.331 e. The minimum absolute atomic E-state index is 0.0586. The first-order valence-corrected chi connectivity index (χ1v) is 12.2. The molecule has 1 aliphatic rings. The molecule has 5 rings (SSSR count). The number of nitrogens with one attached hydrogen (secondary N) is 3. The molecule has 0 spiro atoms. The van der Waals surface area contributed by atoms with Crippen LogP contribution in [0.5, 0.6) is 0 Å². The molecule has 33 heavy (non-hydrogen) atoms. The summed E-state index contributed by atoms with van der Waals surface area (Å²) in [4.78, 5) is 25.2. The molecule has 0 saturated heterocycles. The van der Waals surface area contributed by atoms with Crippen LogP contribution in [0.4, 0.5) is 20.6 Å². The number of benzene rings is 2. The number of halogens is 2. The van der Waals surface area contributed by atoms with Gasteiger partial charge >= 0.3 is 6.03 Å². The maximum Gasteiger partial charge on any atom is 0.331 e. The predicted octanol–water partition coefficient (Wildman–Crippen LogP) is 4.66. The van der Waals surface area contributed by atoms with E-state index in [-0.39, 0.29) is 16.9 Å². The molecule has 4 aromatic rings. The number of anilines is 2. The van der Waals surface area contributed by atoms with Crippen molar-refractivity contribution in [2.24, 2.45) is 0 Å². The summed E-state index contributed by atoms with van der Waals surface area (Å²) in [6.45, 7) is 0.822. The quantitative estimate of drug-likeness (QED) is 0.378. The van der Waals surface area contributed by atoms with E-state index in [2.05, 4.69) is 15.4 Å². The van der Waals surface area contributed by atoms with E-state index in [1.54, 1.807) is 24.4 Å². The first-order valence-electron chi connectivity index (χ1n) is 9.86. The third-order valence-electron chi connectivity index (χ3n) is 5.27. The van der Waals surface area contributed by atoms with Crippen LogP contribution in [0.3, 0.4) is 0 Å². The van der Waals surface area contributed by atoms with E-state index in [0.29, 0.717) is 13.9 Å². The fourth-order valence-corrected chi connectivity index (χ4v) is 5.93. The topological polar surface area (TPSA) is 92.2 Å². The maximum atomic E-state index is 14.9. The third-order valence-corrected chi connectivity index (χ3v) is 7.87. The molecule has 168 valence electrons. The zero-order valence-electron chi connectivity index (χ0n) is 16.9. The van der Waals surface area contributed by atoms with Crippen LogP contribution < -0.4 is 20.9 Å². The molecule has 0 bridgehead atoms. The summed E-state index contributed by atoms with van der Waals surface area (Å²) in [5, 5.41) is 7.08. The van der Waals surface area contributed by atoms with Gasteiger partial charge in [-0.25, -0.2) is 13.4 Å². The molecule has 0 fully saturated rings. The number of hydrogen-bond donors (Lipinski definition) is 3. The Morgan fingerprint density at radius 3 is 2.76 bits per heavy atom. The van der Waals surface area contributed by atoms with Crippen molar-refractivity contribution >= 4 is 62.1 Å². The number of amides is 2. The molecule has 3 heterocycles. The highest BCUT2D eigenvalue weighted by Gasteiger charge is 2.17. The molecular weight excluding hydrogens is 487 g/mol. The zero-order chi connectivity index (χ0) is 23.1. The Kier molecular flexibility index (Phi) is 5.65. The summed E-state index contributed by atoms with van der Waals surface area (Å²) in [7, 11) is -1.79. The SMILES string of the molecule is O=C(Nc1ccc(-n2ccc3c4c(ccc3c2=O)NCC4)c(F)c1)NS(=O)c1ccc(Cl)s1. The predicted molar refractivity (Wildman–Crippen MR) is 130 cm³/mol. The first-order chi connectivity index (χ1) is 15.9. The summed E-state index contributed by atoms with van der Waals surface area (Å²) in [5.41, 5.74) is 1.98. The number of fused-ring (bicyclic) bond motifs is 3. The monoisotopic (exact) mass is 502 g/mol. The minimum atomic E-state index is -1.79. The fraction of sp³-hybridized carbons (Fsp3) is 0.0909. The van der Waals surface area contributed by atoms with Crippen LogP contribution in [0.15, 0.2) is 63.7 Å². The van der Waals surface area contributed by atoms with Crippen molar-refractivity contribution in [1.82, 2.24) is 9.29 Å². The molecule has 1 atom stereocenters. The zero-order valence-corrected chi connectivity index (χ0v) is 19.2. The first kappa shape index (κ1) is 21.6. The highest BCUT2D eigenvalue weighted by atomic mass is 35.5. The lowest BCUT2D eigenvalue weighted by Gasteiger charge is -2.12. The van der Waals surface area contributed by atoms with Gasteiger partial charge in [0.15, 0.2) is 11.0 Å². The lowest BCUT2D eigenvalue weighted by molar-refractivity contribution is 0.257. The van der Waals surface area contributed by atoms with Crippen molar-refractivity contribution in [2.45, 2.75) is 10.6 Å². The number of rotatable bonds is 4. The molecule has 1 unspecified atom stereocenters. The lowest BCUT2D eigenvalue weighted by Crippen LogP contribution is -2.30. The Bertz CT molecular complexity index is 1500. The van der Waals surface area contributed by atoms with E-state index in [0.717, 1.165) is 47.0 Å². The molecule has 2 amide bonds. The molecular formula is C22H16ClFN4O3S2. The van der Waals surface area contributed by atoms with Crippen molar-refractivity contribution in [1.29, 1.82) is 0 Å². The van der Waals surface area contributed by atoms with Crippen molar-refractivity contribution < 1.29 is 13.4 Å². The number of carbonyl (C=O) groups excluding carboxylic acids is 1. The summed E-state index contributed by atoms with van der Waals surface area (Å²) in [6, 6.07) is 11.7. The van der Waals surface area contributed by atoms with Gasteiger partial charge in [0.1, 0.15) is 10.0 Å². The van der Waals surface area contributed by atoms with Crippen LogP contribution in [0.1, 0.15) is 5.56 Å². The summed E-state index contributed by atoms with van der Waals surface area (Å²) in [6.07, 6.45) is 2.38. The molecule has 2 aromatic heterocycles. The summed E-state index contributed by atoms with van der Waals surface area (Å²) < 4.78 is 31.4. The van der Waals surface area contributed by atoms with Crippen LogP contribution in [0.25, 0.3) is 16.5 Å². The number of thiophene rings is 1. The number of pyridine rings is 1.